The van der Waals surface area contributed by atoms with Crippen LogP contribution in [0.4, 0.5) is 5.69 Å². The molecule has 16 nitrogen and oxygen atoms in total. The van der Waals surface area contributed by atoms with Crippen molar-refractivity contribution in [1.29, 1.82) is 0 Å². The minimum absolute atomic E-state index is 0.0120. The Bertz CT molecular complexity index is 2570. The van der Waals surface area contributed by atoms with Gasteiger partial charge in [-0.1, -0.05) is 91.9 Å². The number of hydrazine groups is 1. The summed E-state index contributed by atoms with van der Waals surface area (Å²) in [7, 11) is 0. The number of phenols is 2. The molecule has 5 bridgehead atoms. The first-order valence-corrected chi connectivity index (χ1v) is 25.5. The molecule has 1 aliphatic carbocycles. The van der Waals surface area contributed by atoms with E-state index in [2.05, 4.69) is 24.1 Å². The standard InChI is InChI=1S/C54H77N7O9/c1-30(2)27-60-22-20-54(21-23-60)58-43-40-41-47(64)36(8)50-42(40)51(66)53(9,70-50)68-24-14-17-32(4)49(69-39(62)29-61(56)28-38(55)26-37-18-11-10-12-19-37)35(7)46(63)34(6)25-31(3)15-13-16-33(5)52(67)57-45(48(41)65)44(43)59-54/h13-16,24,28,30-32,34-35,37,46,49,63-65H,10-12,17-23,25-27,29,55-56H2,1-9H3,(H,57,67)/b15-13+,24-14+,33-16-,38-28-/t31-,32+,34+,35+,46+,49?,53?/m0/s1. The highest BCUT2D eigenvalue weighted by Gasteiger charge is 2.50. The molecule has 5 aliphatic heterocycles. The van der Waals surface area contributed by atoms with Crippen LogP contribution in [-0.2, 0) is 19.1 Å². The molecule has 2 aromatic carbocycles. The zero-order valence-electron chi connectivity index (χ0n) is 42.7. The first kappa shape index (κ1) is 52.4. The van der Waals surface area contributed by atoms with E-state index in [-0.39, 0.29) is 74.1 Å². The Morgan fingerprint density at radius 3 is 2.40 bits per heavy atom. The number of ether oxygens (including phenoxy) is 3. The van der Waals surface area contributed by atoms with Crippen molar-refractivity contribution < 1.29 is 43.9 Å². The van der Waals surface area contributed by atoms with Gasteiger partial charge in [0.05, 0.1) is 28.7 Å². The number of rotatable bonds is 8. The van der Waals surface area contributed by atoms with Gasteiger partial charge in [0.1, 0.15) is 35.2 Å². The molecule has 1 saturated heterocycles. The highest BCUT2D eigenvalue weighted by Crippen LogP contribution is 2.50. The number of hydrogen-bond acceptors (Lipinski definition) is 15. The summed E-state index contributed by atoms with van der Waals surface area (Å²) in [5, 5.41) is 40.7. The van der Waals surface area contributed by atoms with Crippen LogP contribution in [0.15, 0.2) is 58.0 Å². The Morgan fingerprint density at radius 1 is 1.03 bits per heavy atom. The van der Waals surface area contributed by atoms with E-state index in [1.54, 1.807) is 38.3 Å². The van der Waals surface area contributed by atoms with Crippen LogP contribution in [0.3, 0.4) is 0 Å². The minimum atomic E-state index is -1.90. The number of phenolic OH excluding ortho intramolecular Hbond substituents is 2. The van der Waals surface area contributed by atoms with Gasteiger partial charge in [-0.15, -0.1) is 0 Å². The van der Waals surface area contributed by atoms with Crippen LogP contribution < -0.4 is 32.3 Å². The number of piperidine rings is 1. The number of fused-ring (bicyclic) bond motifs is 13. The Hall–Kier alpha value is -5.45. The Morgan fingerprint density at radius 2 is 1.71 bits per heavy atom. The summed E-state index contributed by atoms with van der Waals surface area (Å²) in [4.78, 5) is 55.2. The number of nitrogens with zero attached hydrogens (tertiary/aromatic N) is 4. The number of likely N-dealkylation sites (tertiary alicyclic amines) is 1. The fourth-order valence-electron chi connectivity index (χ4n) is 11.2. The number of carbonyl (C=O) groups excluding carboxylic acids is 3. The maximum absolute atomic E-state index is 14.8. The van der Waals surface area contributed by atoms with E-state index in [1.165, 1.54) is 37.5 Å². The maximum atomic E-state index is 14.8. The Balaban J connectivity index is 1.24. The molecule has 1 spiro atoms. The number of ketones is 1. The number of esters is 1. The SMILES string of the molecule is C/C1=C/C=C/[C@H](C)C[C@@H](C)[C@@H](O)[C@@H](C)C(OC(=O)CN(N)/C=C(\N)CC2CCCCC2)[C@H](C)C/C=C/OC2(C)Oc3c(C)c(O)c4c(O)c(c5c(c4c3C2=O)=NC2(CCN(CC(C)C)CC2)N=5)NC1=O. The van der Waals surface area contributed by atoms with E-state index < -0.39 is 53.0 Å². The molecule has 8 N–H and O–H groups in total. The number of carbonyl (C=O) groups is 3. The molecule has 1 saturated carbocycles. The van der Waals surface area contributed by atoms with Crippen LogP contribution >= 0.6 is 0 Å². The molecule has 0 aromatic heterocycles. The van der Waals surface area contributed by atoms with Crippen LogP contribution in [0, 0.1) is 42.4 Å². The molecule has 2 aromatic rings. The number of aliphatic hydroxyl groups excluding tert-OH is 1. The maximum Gasteiger partial charge on any atom is 0.327 e. The van der Waals surface area contributed by atoms with E-state index in [0.717, 1.165) is 32.5 Å². The number of amides is 1. The van der Waals surface area contributed by atoms with Crippen molar-refractivity contribution in [2.24, 2.45) is 57.1 Å². The van der Waals surface area contributed by atoms with Gasteiger partial charge in [0.2, 0.25) is 0 Å². The number of hydrogen-bond donors (Lipinski definition) is 6. The second kappa shape index (κ2) is 21.5. The smallest absolute Gasteiger partial charge is 0.327 e. The third-order valence-electron chi connectivity index (χ3n) is 15.1. The highest BCUT2D eigenvalue weighted by atomic mass is 16.7. The first-order chi connectivity index (χ1) is 33.1. The minimum Gasteiger partial charge on any atom is -0.507 e. The summed E-state index contributed by atoms with van der Waals surface area (Å²) in [6.45, 7) is 19.0. The summed E-state index contributed by atoms with van der Waals surface area (Å²) in [6.07, 6.45) is 17.1. The van der Waals surface area contributed by atoms with Crippen molar-refractivity contribution in [1.82, 2.24) is 9.91 Å². The van der Waals surface area contributed by atoms with Crippen molar-refractivity contribution in [3.63, 3.8) is 0 Å². The van der Waals surface area contributed by atoms with Gasteiger partial charge in [0, 0.05) is 73.7 Å². The van der Waals surface area contributed by atoms with Gasteiger partial charge in [-0.3, -0.25) is 24.4 Å². The Kier molecular flexibility index (Phi) is 16.1. The molecule has 5 heterocycles. The van der Waals surface area contributed by atoms with Crippen molar-refractivity contribution in [3.8, 4) is 17.2 Å². The normalized spacial score (nSPS) is 29.7. The third-order valence-corrected chi connectivity index (χ3v) is 15.1. The zero-order valence-corrected chi connectivity index (χ0v) is 42.7. The average Bonchev–Trinajstić information content (AvgIpc) is 3.80. The molecule has 16 heteroatoms. The van der Waals surface area contributed by atoms with Gasteiger partial charge >= 0.3 is 11.8 Å². The number of anilines is 1. The van der Waals surface area contributed by atoms with Gasteiger partial charge < -0.3 is 50.5 Å². The number of benzene rings is 2. The van der Waals surface area contributed by atoms with E-state index >= 15 is 0 Å². The number of nitrogens with two attached hydrogens (primary N) is 2. The van der Waals surface area contributed by atoms with Gasteiger partial charge in [0.25, 0.3) is 11.7 Å². The summed E-state index contributed by atoms with van der Waals surface area (Å²) in [5.74, 6) is 1.90. The van der Waals surface area contributed by atoms with Gasteiger partial charge in [-0.2, -0.15) is 0 Å². The number of aromatic hydroxyl groups is 2. The summed E-state index contributed by atoms with van der Waals surface area (Å²) in [6, 6.07) is 0. The van der Waals surface area contributed by atoms with Crippen molar-refractivity contribution in [2.75, 3.05) is 31.5 Å². The second-order valence-electron chi connectivity index (χ2n) is 21.6. The molecular formula is C54H77N7O9. The lowest BCUT2D eigenvalue weighted by molar-refractivity contribution is -0.159. The van der Waals surface area contributed by atoms with Crippen LogP contribution in [0.25, 0.3) is 10.8 Å². The lowest BCUT2D eigenvalue weighted by Crippen LogP contribution is -2.43. The number of Topliss-reactive ketones (excluding diaryl/α,β-unsaturated/α-hetero) is 1. The fraction of sp³-hybridized carbons (Fsp3) is 0.611. The first-order valence-electron chi connectivity index (χ1n) is 25.5. The molecular weight excluding hydrogens is 891 g/mol. The molecule has 8 rings (SSSR count). The fourth-order valence-corrected chi connectivity index (χ4v) is 11.2. The van der Waals surface area contributed by atoms with E-state index in [4.69, 9.17) is 35.8 Å². The summed E-state index contributed by atoms with van der Waals surface area (Å²) >= 11 is 0. The average molecular weight is 968 g/mol. The topological polar surface area (TPSA) is 235 Å². The quantitative estimate of drug-likeness (QED) is 0.0673. The largest absolute Gasteiger partial charge is 0.507 e. The molecule has 7 atom stereocenters. The third kappa shape index (κ3) is 11.2. The van der Waals surface area contributed by atoms with Crippen LogP contribution in [0.1, 0.15) is 136 Å². The molecule has 0 radical (unpaired) electrons. The molecule has 2 unspecified atom stereocenters. The lowest BCUT2D eigenvalue weighted by atomic mass is 9.80. The summed E-state index contributed by atoms with van der Waals surface area (Å²) < 4.78 is 18.7. The monoisotopic (exact) mass is 968 g/mol. The zero-order chi connectivity index (χ0) is 50.8. The lowest BCUT2D eigenvalue weighted by Gasteiger charge is -2.36. The molecule has 70 heavy (non-hydrogen) atoms. The Labute approximate surface area is 412 Å². The molecule has 1 amide bonds. The molecule has 2 fully saturated rings. The van der Waals surface area contributed by atoms with Gasteiger partial charge in [0.15, 0.2) is 11.4 Å². The van der Waals surface area contributed by atoms with E-state index in [1.807, 2.05) is 33.8 Å². The summed E-state index contributed by atoms with van der Waals surface area (Å²) in [5.41, 5.74) is 6.61. The molecule has 6 aliphatic rings. The van der Waals surface area contributed by atoms with Crippen molar-refractivity contribution in [2.45, 2.75) is 150 Å². The molecule has 382 valence electrons. The number of aliphatic hydroxyl groups is 1. The highest BCUT2D eigenvalue weighted by molar-refractivity contribution is 6.19. The van der Waals surface area contributed by atoms with Crippen molar-refractivity contribution in [3.05, 3.63) is 69.9 Å². The van der Waals surface area contributed by atoms with Crippen LogP contribution in [0.2, 0.25) is 0 Å². The van der Waals surface area contributed by atoms with Gasteiger partial charge in [-0.25, -0.2) is 5.84 Å². The van der Waals surface area contributed by atoms with Crippen LogP contribution in [0.5, 0.6) is 17.2 Å². The predicted molar refractivity (Wildman–Crippen MR) is 269 cm³/mol. The van der Waals surface area contributed by atoms with Crippen LogP contribution in [-0.4, -0.2) is 92.7 Å². The van der Waals surface area contributed by atoms with E-state index in [9.17, 15) is 29.7 Å². The number of nitrogens with one attached hydrogen (secondary N) is 1. The van der Waals surface area contributed by atoms with Crippen molar-refractivity contribution >= 4 is 34.1 Å². The van der Waals surface area contributed by atoms with E-state index in [0.29, 0.717) is 55.2 Å². The number of allylic oxidation sites excluding steroid dienone is 5. The van der Waals surface area contributed by atoms with Gasteiger partial charge in [-0.05, 0) is 68.8 Å². The second-order valence-corrected chi connectivity index (χ2v) is 21.6. The predicted octanol–water partition coefficient (Wildman–Crippen LogP) is 7.08.